The van der Waals surface area contributed by atoms with Gasteiger partial charge in [-0.2, -0.15) is 0 Å². The summed E-state index contributed by atoms with van der Waals surface area (Å²) in [6.45, 7) is 12.1. The highest BCUT2D eigenvalue weighted by molar-refractivity contribution is 5.49. The Labute approximate surface area is 110 Å². The van der Waals surface area contributed by atoms with E-state index in [1.54, 1.807) is 0 Å². The van der Waals surface area contributed by atoms with Crippen molar-refractivity contribution >= 4 is 0 Å². The zero-order chi connectivity index (χ0) is 13.3. The van der Waals surface area contributed by atoms with Crippen LogP contribution in [-0.2, 0) is 6.54 Å². The van der Waals surface area contributed by atoms with Crippen molar-refractivity contribution in [2.45, 2.75) is 41.2 Å². The Morgan fingerprint density at radius 1 is 0.667 bits per heavy atom. The Morgan fingerprint density at radius 3 is 1.61 bits per heavy atom. The maximum Gasteiger partial charge on any atom is 0.174 e. The molecule has 0 aliphatic heterocycles. The molecule has 0 bridgehead atoms. The number of nitrogens with zero attached hydrogens (tertiary/aromatic N) is 1. The van der Waals surface area contributed by atoms with Gasteiger partial charge in [0.1, 0.15) is 0 Å². The second kappa shape index (κ2) is 4.93. The lowest BCUT2D eigenvalue weighted by Crippen LogP contribution is -2.34. The summed E-state index contributed by atoms with van der Waals surface area (Å²) < 4.78 is 2.24. The predicted molar refractivity (Wildman–Crippen MR) is 75.9 cm³/mol. The van der Waals surface area contributed by atoms with Crippen LogP contribution in [0.4, 0.5) is 0 Å². The van der Waals surface area contributed by atoms with Crippen LogP contribution in [0.1, 0.15) is 33.4 Å². The summed E-state index contributed by atoms with van der Waals surface area (Å²) in [5.74, 6) is 0. The van der Waals surface area contributed by atoms with E-state index in [0.717, 1.165) is 6.54 Å². The van der Waals surface area contributed by atoms with Crippen molar-refractivity contribution in [1.82, 2.24) is 0 Å². The first-order valence-electron chi connectivity index (χ1n) is 6.52. The second-order valence-electron chi connectivity index (χ2n) is 5.15. The molecule has 94 valence electrons. The highest BCUT2D eigenvalue weighted by Gasteiger charge is 2.14. The van der Waals surface area contributed by atoms with E-state index in [2.05, 4.69) is 69.8 Å². The Morgan fingerprint density at radius 2 is 1.11 bits per heavy atom. The van der Waals surface area contributed by atoms with Crippen LogP contribution < -0.4 is 4.57 Å². The van der Waals surface area contributed by atoms with Gasteiger partial charge >= 0.3 is 0 Å². The molecule has 2 aromatic rings. The van der Waals surface area contributed by atoms with Crippen molar-refractivity contribution in [2.75, 3.05) is 0 Å². The first-order valence-corrected chi connectivity index (χ1v) is 6.52. The van der Waals surface area contributed by atoms with Crippen LogP contribution in [0.15, 0.2) is 30.6 Å². The third kappa shape index (κ3) is 2.17. The molecule has 0 spiro atoms. The topological polar surface area (TPSA) is 3.88 Å². The molecule has 0 amide bonds. The summed E-state index contributed by atoms with van der Waals surface area (Å²) in [5.41, 5.74) is 8.65. The van der Waals surface area contributed by atoms with Crippen LogP contribution >= 0.6 is 0 Å². The quantitative estimate of drug-likeness (QED) is 0.707. The van der Waals surface area contributed by atoms with Gasteiger partial charge < -0.3 is 0 Å². The van der Waals surface area contributed by atoms with Crippen molar-refractivity contribution in [3.8, 4) is 0 Å². The summed E-state index contributed by atoms with van der Waals surface area (Å²) in [4.78, 5) is 0. The SMILES string of the molecule is Cc1c(C)c(C)c(C[n+]2ccccc2)c(C)c1C. The molecular weight excluding hydrogens is 218 g/mol. The lowest BCUT2D eigenvalue weighted by atomic mass is 9.89. The average molecular weight is 240 g/mol. The molecule has 1 nitrogen and oxygen atoms in total. The molecular formula is C17H22N+. The van der Waals surface area contributed by atoms with Crippen LogP contribution in [0.25, 0.3) is 0 Å². The minimum absolute atomic E-state index is 0.959. The summed E-state index contributed by atoms with van der Waals surface area (Å²) in [7, 11) is 0. The zero-order valence-electron chi connectivity index (χ0n) is 12.0. The van der Waals surface area contributed by atoms with Gasteiger partial charge in [0.05, 0.1) is 0 Å². The number of hydrogen-bond acceptors (Lipinski definition) is 0. The van der Waals surface area contributed by atoms with Gasteiger partial charge in [0.25, 0.3) is 0 Å². The van der Waals surface area contributed by atoms with Crippen LogP contribution in [0.2, 0.25) is 0 Å². The molecule has 1 aromatic carbocycles. The molecule has 18 heavy (non-hydrogen) atoms. The van der Waals surface area contributed by atoms with Gasteiger partial charge in [-0.15, -0.1) is 0 Å². The molecule has 0 saturated carbocycles. The van der Waals surface area contributed by atoms with E-state index >= 15 is 0 Å². The zero-order valence-corrected chi connectivity index (χ0v) is 12.0. The highest BCUT2D eigenvalue weighted by Crippen LogP contribution is 2.25. The van der Waals surface area contributed by atoms with Gasteiger partial charge in [0.15, 0.2) is 18.9 Å². The van der Waals surface area contributed by atoms with E-state index in [0.29, 0.717) is 0 Å². The third-order valence-corrected chi connectivity index (χ3v) is 4.27. The smallest absolute Gasteiger partial charge is 0.174 e. The first-order chi connectivity index (χ1) is 8.52. The maximum atomic E-state index is 2.24. The summed E-state index contributed by atoms with van der Waals surface area (Å²) in [5, 5.41) is 0. The molecule has 0 atom stereocenters. The molecule has 0 N–H and O–H groups in total. The van der Waals surface area contributed by atoms with E-state index in [1.165, 1.54) is 33.4 Å². The maximum absolute atomic E-state index is 2.24. The van der Waals surface area contributed by atoms with Crippen LogP contribution in [0, 0.1) is 34.6 Å². The Hall–Kier alpha value is -1.63. The van der Waals surface area contributed by atoms with Crippen molar-refractivity contribution in [1.29, 1.82) is 0 Å². The fraction of sp³-hybridized carbons (Fsp3) is 0.353. The molecule has 1 heterocycles. The normalized spacial score (nSPS) is 10.7. The van der Waals surface area contributed by atoms with Crippen molar-refractivity contribution in [3.63, 3.8) is 0 Å². The summed E-state index contributed by atoms with van der Waals surface area (Å²) >= 11 is 0. The Kier molecular flexibility index (Phi) is 3.51. The second-order valence-corrected chi connectivity index (χ2v) is 5.15. The predicted octanol–water partition coefficient (Wildman–Crippen LogP) is 3.56. The lowest BCUT2D eigenvalue weighted by Gasteiger charge is -2.16. The first kappa shape index (κ1) is 12.8. The van der Waals surface area contributed by atoms with Gasteiger partial charge in [-0.1, -0.05) is 6.07 Å². The Balaban J connectivity index is 2.52. The Bertz CT molecular complexity index is 539. The summed E-state index contributed by atoms with van der Waals surface area (Å²) in [6, 6.07) is 6.22. The largest absolute Gasteiger partial charge is 0.201 e. The number of rotatable bonds is 2. The number of hydrogen-bond donors (Lipinski definition) is 0. The van der Waals surface area contributed by atoms with Gasteiger partial charge in [-0.05, 0) is 62.4 Å². The van der Waals surface area contributed by atoms with Crippen LogP contribution in [-0.4, -0.2) is 0 Å². The molecule has 1 aromatic heterocycles. The number of benzene rings is 1. The molecule has 0 unspecified atom stereocenters. The highest BCUT2D eigenvalue weighted by atomic mass is 14.9. The van der Waals surface area contributed by atoms with Crippen molar-refractivity contribution < 1.29 is 4.57 Å². The standard InChI is InChI=1S/C17H22N/c1-12-13(2)15(4)17(16(5)14(12)3)11-18-9-7-6-8-10-18/h6-10H,11H2,1-5H3/q+1. The van der Waals surface area contributed by atoms with Gasteiger partial charge in [-0.3, -0.25) is 0 Å². The van der Waals surface area contributed by atoms with E-state index in [4.69, 9.17) is 0 Å². The van der Waals surface area contributed by atoms with E-state index in [-0.39, 0.29) is 0 Å². The lowest BCUT2D eigenvalue weighted by molar-refractivity contribution is -0.688. The van der Waals surface area contributed by atoms with Crippen molar-refractivity contribution in [3.05, 3.63) is 64.0 Å². The fourth-order valence-electron chi connectivity index (χ4n) is 2.54. The molecule has 1 heteroatoms. The molecule has 0 radical (unpaired) electrons. The molecule has 0 saturated heterocycles. The van der Waals surface area contributed by atoms with Crippen LogP contribution in [0.5, 0.6) is 0 Å². The number of pyridine rings is 1. The van der Waals surface area contributed by atoms with E-state index in [9.17, 15) is 0 Å². The molecule has 0 fully saturated rings. The monoisotopic (exact) mass is 240 g/mol. The van der Waals surface area contributed by atoms with E-state index in [1.807, 2.05) is 0 Å². The van der Waals surface area contributed by atoms with E-state index < -0.39 is 0 Å². The van der Waals surface area contributed by atoms with Gasteiger partial charge in [0.2, 0.25) is 0 Å². The average Bonchev–Trinajstić information content (AvgIpc) is 2.40. The fourth-order valence-corrected chi connectivity index (χ4v) is 2.54. The molecule has 0 aliphatic rings. The van der Waals surface area contributed by atoms with Crippen LogP contribution in [0.3, 0.4) is 0 Å². The van der Waals surface area contributed by atoms with Gasteiger partial charge in [0, 0.05) is 17.7 Å². The molecule has 2 rings (SSSR count). The van der Waals surface area contributed by atoms with Gasteiger partial charge in [-0.25, -0.2) is 4.57 Å². The minimum atomic E-state index is 0.959. The third-order valence-electron chi connectivity index (χ3n) is 4.27. The van der Waals surface area contributed by atoms with Crippen molar-refractivity contribution in [2.24, 2.45) is 0 Å². The minimum Gasteiger partial charge on any atom is -0.201 e. The summed E-state index contributed by atoms with van der Waals surface area (Å²) in [6.07, 6.45) is 4.26. The molecule has 0 aliphatic carbocycles. The number of aromatic nitrogens is 1.